The first kappa shape index (κ1) is 16.4. The van der Waals surface area contributed by atoms with Crippen LogP contribution in [0, 0.1) is 0 Å². The molecule has 1 saturated heterocycles. The van der Waals surface area contributed by atoms with Crippen LogP contribution in [0.15, 0.2) is 0 Å². The number of carbonyl (C=O) groups excluding carboxylic acids is 1. The van der Waals surface area contributed by atoms with Crippen molar-refractivity contribution in [2.45, 2.75) is 50.8 Å². The molecule has 1 rings (SSSR count). The number of carbonyl (C=O) groups is 1. The van der Waals surface area contributed by atoms with Crippen molar-refractivity contribution < 1.29 is 14.3 Å². The third-order valence-electron chi connectivity index (χ3n) is 4.32. The predicted molar refractivity (Wildman–Crippen MR) is 75.2 cm³/mol. The van der Waals surface area contributed by atoms with Crippen LogP contribution in [0.25, 0.3) is 0 Å². The Balaban J connectivity index is 2.54. The number of hydrogen-bond donors (Lipinski definition) is 1. The fraction of sp³-hybridized carbons (Fsp3) is 0.929. The number of methoxy groups -OCH3 is 2. The second kappa shape index (κ2) is 7.22. The first-order valence-electron chi connectivity index (χ1n) is 7.01. The Morgan fingerprint density at radius 1 is 1.42 bits per heavy atom. The summed E-state index contributed by atoms with van der Waals surface area (Å²) in [6, 6.07) is 0.342. The second-order valence-electron chi connectivity index (χ2n) is 5.60. The smallest absolute Gasteiger partial charge is 0.325 e. The fourth-order valence-corrected chi connectivity index (χ4v) is 2.78. The number of esters is 1. The van der Waals surface area contributed by atoms with E-state index in [1.165, 1.54) is 7.11 Å². The highest BCUT2D eigenvalue weighted by atomic mass is 16.5. The van der Waals surface area contributed by atoms with Gasteiger partial charge in [-0.25, -0.2) is 0 Å². The van der Waals surface area contributed by atoms with Crippen molar-refractivity contribution in [2.24, 2.45) is 0 Å². The van der Waals surface area contributed by atoms with Gasteiger partial charge in [0.15, 0.2) is 0 Å². The van der Waals surface area contributed by atoms with Crippen molar-refractivity contribution >= 4 is 5.97 Å². The van der Waals surface area contributed by atoms with E-state index in [1.54, 1.807) is 14.2 Å². The molecule has 5 heteroatoms. The number of likely N-dealkylation sites (N-methyl/N-ethyl adjacent to an activating group) is 1. The van der Waals surface area contributed by atoms with Gasteiger partial charge in [0.1, 0.15) is 5.54 Å². The maximum absolute atomic E-state index is 11.9. The van der Waals surface area contributed by atoms with Gasteiger partial charge >= 0.3 is 5.97 Å². The van der Waals surface area contributed by atoms with Crippen molar-refractivity contribution in [3.63, 3.8) is 0 Å². The molecule has 1 fully saturated rings. The SMILES string of the molecule is CNC(C)(CC(C)N1CCC(OC)CC1)C(=O)OC. The molecular formula is C14H28N2O3. The number of rotatable bonds is 6. The van der Waals surface area contributed by atoms with E-state index >= 15 is 0 Å². The van der Waals surface area contributed by atoms with Gasteiger partial charge in [-0.3, -0.25) is 4.79 Å². The number of hydrogen-bond acceptors (Lipinski definition) is 5. The van der Waals surface area contributed by atoms with E-state index in [0.29, 0.717) is 12.1 Å². The van der Waals surface area contributed by atoms with Crippen molar-refractivity contribution in [2.75, 3.05) is 34.4 Å². The summed E-state index contributed by atoms with van der Waals surface area (Å²) in [5, 5.41) is 3.09. The third-order valence-corrected chi connectivity index (χ3v) is 4.32. The minimum Gasteiger partial charge on any atom is -0.468 e. The Morgan fingerprint density at radius 3 is 2.42 bits per heavy atom. The number of nitrogens with zero attached hydrogens (tertiary/aromatic N) is 1. The number of ether oxygens (including phenoxy) is 2. The first-order chi connectivity index (χ1) is 8.96. The summed E-state index contributed by atoms with van der Waals surface area (Å²) in [7, 11) is 5.02. The normalized spacial score (nSPS) is 22.8. The van der Waals surface area contributed by atoms with E-state index in [-0.39, 0.29) is 5.97 Å². The molecule has 1 aliphatic rings. The Hall–Kier alpha value is -0.650. The molecule has 0 radical (unpaired) electrons. The lowest BCUT2D eigenvalue weighted by molar-refractivity contribution is -0.148. The van der Waals surface area contributed by atoms with Gasteiger partial charge in [-0.15, -0.1) is 0 Å². The Morgan fingerprint density at radius 2 is 2.00 bits per heavy atom. The van der Waals surface area contributed by atoms with Crippen LogP contribution < -0.4 is 5.32 Å². The minimum atomic E-state index is -0.619. The van der Waals surface area contributed by atoms with Crippen molar-refractivity contribution in [3.05, 3.63) is 0 Å². The van der Waals surface area contributed by atoms with Gasteiger partial charge < -0.3 is 19.7 Å². The van der Waals surface area contributed by atoms with Crippen molar-refractivity contribution in [1.29, 1.82) is 0 Å². The number of piperidine rings is 1. The van der Waals surface area contributed by atoms with Gasteiger partial charge in [-0.05, 0) is 40.2 Å². The monoisotopic (exact) mass is 272 g/mol. The summed E-state index contributed by atoms with van der Waals surface area (Å²) < 4.78 is 10.3. The highest BCUT2D eigenvalue weighted by molar-refractivity contribution is 5.80. The highest BCUT2D eigenvalue weighted by Crippen LogP contribution is 2.21. The summed E-state index contributed by atoms with van der Waals surface area (Å²) in [5.74, 6) is -0.200. The molecule has 0 amide bonds. The number of likely N-dealkylation sites (tertiary alicyclic amines) is 1. The van der Waals surface area contributed by atoms with Gasteiger partial charge in [0, 0.05) is 26.2 Å². The molecule has 2 atom stereocenters. The van der Waals surface area contributed by atoms with E-state index in [1.807, 2.05) is 6.92 Å². The molecule has 0 bridgehead atoms. The Kier molecular flexibility index (Phi) is 6.23. The quantitative estimate of drug-likeness (QED) is 0.732. The van der Waals surface area contributed by atoms with Crippen LogP contribution in [-0.4, -0.2) is 62.9 Å². The van der Waals surface area contributed by atoms with E-state index in [4.69, 9.17) is 9.47 Å². The fourth-order valence-electron chi connectivity index (χ4n) is 2.78. The molecule has 1 N–H and O–H groups in total. The third kappa shape index (κ3) is 4.16. The van der Waals surface area contributed by atoms with E-state index in [2.05, 4.69) is 17.1 Å². The van der Waals surface area contributed by atoms with Crippen LogP contribution in [0.3, 0.4) is 0 Å². The van der Waals surface area contributed by atoms with E-state index < -0.39 is 5.54 Å². The van der Waals surface area contributed by atoms with Gasteiger partial charge in [0.25, 0.3) is 0 Å². The average molecular weight is 272 g/mol. The van der Waals surface area contributed by atoms with E-state index in [9.17, 15) is 4.79 Å². The van der Waals surface area contributed by atoms with Crippen LogP contribution >= 0.6 is 0 Å². The molecule has 1 aliphatic heterocycles. The molecule has 2 unspecified atom stereocenters. The van der Waals surface area contributed by atoms with Crippen LogP contribution in [0.4, 0.5) is 0 Å². The highest BCUT2D eigenvalue weighted by Gasteiger charge is 2.36. The standard InChI is InChI=1S/C14H28N2O3/c1-11(10-14(2,15-3)13(17)19-5)16-8-6-12(18-4)7-9-16/h11-12,15H,6-10H2,1-5H3. The molecule has 0 spiro atoms. The molecule has 0 aromatic carbocycles. The molecule has 0 saturated carbocycles. The molecule has 0 aliphatic carbocycles. The maximum Gasteiger partial charge on any atom is 0.325 e. The van der Waals surface area contributed by atoms with Gasteiger partial charge in [0.2, 0.25) is 0 Å². The summed E-state index contributed by atoms with van der Waals surface area (Å²) in [4.78, 5) is 14.3. The lowest BCUT2D eigenvalue weighted by Gasteiger charge is -2.38. The zero-order valence-corrected chi connectivity index (χ0v) is 12.9. The van der Waals surface area contributed by atoms with Crippen LogP contribution in [0.5, 0.6) is 0 Å². The molecule has 0 aromatic rings. The summed E-state index contributed by atoms with van der Waals surface area (Å²) in [6.45, 7) is 6.13. The van der Waals surface area contributed by atoms with Gasteiger partial charge in [0.05, 0.1) is 13.2 Å². The number of nitrogens with one attached hydrogen (secondary N) is 1. The van der Waals surface area contributed by atoms with Crippen molar-refractivity contribution in [3.8, 4) is 0 Å². The average Bonchev–Trinajstić information content (AvgIpc) is 2.46. The first-order valence-corrected chi connectivity index (χ1v) is 7.01. The molecule has 0 aromatic heterocycles. The molecule has 1 heterocycles. The zero-order valence-electron chi connectivity index (χ0n) is 12.9. The molecule has 19 heavy (non-hydrogen) atoms. The Labute approximate surface area is 116 Å². The van der Waals surface area contributed by atoms with Crippen LogP contribution in [-0.2, 0) is 14.3 Å². The minimum absolute atomic E-state index is 0.200. The molecule has 5 nitrogen and oxygen atoms in total. The van der Waals surface area contributed by atoms with Crippen molar-refractivity contribution in [1.82, 2.24) is 10.2 Å². The summed E-state index contributed by atoms with van der Waals surface area (Å²) in [5.41, 5.74) is -0.619. The lowest BCUT2D eigenvalue weighted by atomic mass is 9.92. The van der Waals surface area contributed by atoms with Crippen LogP contribution in [0.1, 0.15) is 33.1 Å². The predicted octanol–water partition coefficient (Wildman–Crippen LogP) is 1.03. The maximum atomic E-state index is 11.9. The molecule has 112 valence electrons. The zero-order chi connectivity index (χ0) is 14.5. The largest absolute Gasteiger partial charge is 0.468 e. The van der Waals surface area contributed by atoms with Gasteiger partial charge in [-0.1, -0.05) is 0 Å². The summed E-state index contributed by atoms with van der Waals surface area (Å²) >= 11 is 0. The topological polar surface area (TPSA) is 50.8 Å². The van der Waals surface area contributed by atoms with Gasteiger partial charge in [-0.2, -0.15) is 0 Å². The Bertz CT molecular complexity index is 290. The van der Waals surface area contributed by atoms with E-state index in [0.717, 1.165) is 32.4 Å². The van der Waals surface area contributed by atoms with Crippen LogP contribution in [0.2, 0.25) is 0 Å². The molecular weight excluding hydrogens is 244 g/mol. The summed E-state index contributed by atoms with van der Waals surface area (Å²) in [6.07, 6.45) is 3.26. The lowest BCUT2D eigenvalue weighted by Crippen LogP contribution is -2.53. The second-order valence-corrected chi connectivity index (χ2v) is 5.60.